The summed E-state index contributed by atoms with van der Waals surface area (Å²) in [7, 11) is 1.83. The SMILES string of the molecule is CCCOc1cccc(-c2cc(-c3cnn(C)c3)c(C#N)c(N)n2)c1. The van der Waals surface area contributed by atoms with E-state index in [4.69, 9.17) is 10.5 Å². The minimum absolute atomic E-state index is 0.207. The number of anilines is 1. The van der Waals surface area contributed by atoms with Gasteiger partial charge in [0, 0.05) is 29.9 Å². The summed E-state index contributed by atoms with van der Waals surface area (Å²) in [5.41, 5.74) is 9.52. The van der Waals surface area contributed by atoms with E-state index in [9.17, 15) is 5.26 Å². The van der Waals surface area contributed by atoms with Gasteiger partial charge in [-0.25, -0.2) is 4.98 Å². The highest BCUT2D eigenvalue weighted by Crippen LogP contribution is 2.32. The van der Waals surface area contributed by atoms with Crippen molar-refractivity contribution in [3.63, 3.8) is 0 Å². The van der Waals surface area contributed by atoms with E-state index in [1.54, 1.807) is 10.9 Å². The van der Waals surface area contributed by atoms with E-state index in [1.165, 1.54) is 0 Å². The van der Waals surface area contributed by atoms with E-state index in [1.807, 2.05) is 43.6 Å². The molecule has 0 spiro atoms. The summed E-state index contributed by atoms with van der Waals surface area (Å²) in [5, 5.41) is 13.6. The van der Waals surface area contributed by atoms with Crippen LogP contribution in [0.15, 0.2) is 42.7 Å². The van der Waals surface area contributed by atoms with Gasteiger partial charge in [-0.3, -0.25) is 4.68 Å². The fourth-order valence-corrected chi connectivity index (χ4v) is 2.58. The van der Waals surface area contributed by atoms with Crippen molar-refractivity contribution in [3.05, 3.63) is 48.3 Å². The fourth-order valence-electron chi connectivity index (χ4n) is 2.58. The second kappa shape index (κ2) is 7.05. The minimum Gasteiger partial charge on any atom is -0.494 e. The molecule has 1 aromatic carbocycles. The summed E-state index contributed by atoms with van der Waals surface area (Å²) in [6, 6.07) is 11.7. The number of hydrogen-bond donors (Lipinski definition) is 1. The molecule has 6 nitrogen and oxygen atoms in total. The molecule has 126 valence electrons. The lowest BCUT2D eigenvalue weighted by Crippen LogP contribution is -2.00. The number of nitrogens with two attached hydrogens (primary N) is 1. The number of hydrogen-bond acceptors (Lipinski definition) is 5. The summed E-state index contributed by atoms with van der Waals surface area (Å²) in [6.45, 7) is 2.72. The lowest BCUT2D eigenvalue weighted by atomic mass is 10.0. The molecule has 0 aliphatic heterocycles. The van der Waals surface area contributed by atoms with Gasteiger partial charge in [-0.1, -0.05) is 19.1 Å². The molecule has 25 heavy (non-hydrogen) atoms. The molecule has 0 radical (unpaired) electrons. The van der Waals surface area contributed by atoms with Crippen LogP contribution in [-0.2, 0) is 7.05 Å². The van der Waals surface area contributed by atoms with Gasteiger partial charge in [-0.2, -0.15) is 10.4 Å². The zero-order chi connectivity index (χ0) is 17.8. The van der Waals surface area contributed by atoms with Crippen LogP contribution in [0.5, 0.6) is 5.75 Å². The molecule has 0 aliphatic carbocycles. The van der Waals surface area contributed by atoms with Crippen molar-refractivity contribution in [1.82, 2.24) is 14.8 Å². The van der Waals surface area contributed by atoms with Gasteiger partial charge in [0.25, 0.3) is 0 Å². The predicted molar refractivity (Wildman–Crippen MR) is 96.8 cm³/mol. The lowest BCUT2D eigenvalue weighted by molar-refractivity contribution is 0.317. The van der Waals surface area contributed by atoms with E-state index in [0.29, 0.717) is 17.9 Å². The molecule has 6 heteroatoms. The topological polar surface area (TPSA) is 89.8 Å². The molecule has 3 aromatic rings. The van der Waals surface area contributed by atoms with Crippen LogP contribution < -0.4 is 10.5 Å². The van der Waals surface area contributed by atoms with Crippen LogP contribution in [0.4, 0.5) is 5.82 Å². The van der Waals surface area contributed by atoms with Gasteiger partial charge in [0.05, 0.1) is 18.5 Å². The molecule has 0 saturated carbocycles. The Morgan fingerprint density at radius 2 is 2.12 bits per heavy atom. The molecule has 2 aromatic heterocycles. The van der Waals surface area contributed by atoms with Crippen molar-refractivity contribution in [2.75, 3.05) is 12.3 Å². The first-order valence-electron chi connectivity index (χ1n) is 8.05. The van der Waals surface area contributed by atoms with Crippen molar-refractivity contribution >= 4 is 5.82 Å². The van der Waals surface area contributed by atoms with E-state index in [0.717, 1.165) is 28.9 Å². The number of benzene rings is 1. The maximum Gasteiger partial charge on any atom is 0.142 e. The van der Waals surface area contributed by atoms with Crippen LogP contribution in [0.1, 0.15) is 18.9 Å². The Kier molecular flexibility index (Phi) is 4.66. The monoisotopic (exact) mass is 333 g/mol. The highest BCUT2D eigenvalue weighted by atomic mass is 16.5. The average Bonchev–Trinajstić information content (AvgIpc) is 3.05. The molecular weight excluding hydrogens is 314 g/mol. The minimum atomic E-state index is 0.207. The highest BCUT2D eigenvalue weighted by Gasteiger charge is 2.14. The molecule has 0 aliphatic rings. The van der Waals surface area contributed by atoms with Gasteiger partial charge in [-0.05, 0) is 24.6 Å². The first-order valence-corrected chi connectivity index (χ1v) is 8.05. The molecule has 2 N–H and O–H groups in total. The summed E-state index contributed by atoms with van der Waals surface area (Å²) >= 11 is 0. The van der Waals surface area contributed by atoms with Crippen molar-refractivity contribution in [2.24, 2.45) is 7.05 Å². The highest BCUT2D eigenvalue weighted by molar-refractivity contribution is 5.79. The van der Waals surface area contributed by atoms with Crippen LogP contribution in [0.25, 0.3) is 22.4 Å². The van der Waals surface area contributed by atoms with Crippen molar-refractivity contribution in [3.8, 4) is 34.2 Å². The number of nitriles is 1. The fraction of sp³-hybridized carbons (Fsp3) is 0.211. The zero-order valence-corrected chi connectivity index (χ0v) is 14.2. The lowest BCUT2D eigenvalue weighted by Gasteiger charge is -2.10. The number of aromatic nitrogens is 3. The standard InChI is InChI=1S/C19H19N5O/c1-3-7-25-15-6-4-5-13(8-15)18-9-16(14-11-22-24(2)12-14)17(10-20)19(21)23-18/h4-6,8-9,11-12H,3,7H2,1-2H3,(H2,21,23). The summed E-state index contributed by atoms with van der Waals surface area (Å²) < 4.78 is 7.37. The van der Waals surface area contributed by atoms with E-state index < -0.39 is 0 Å². The van der Waals surface area contributed by atoms with Gasteiger partial charge in [-0.15, -0.1) is 0 Å². The Labute approximate surface area is 146 Å². The van der Waals surface area contributed by atoms with Crippen molar-refractivity contribution in [2.45, 2.75) is 13.3 Å². The number of nitrogens with zero attached hydrogens (tertiary/aromatic N) is 4. The number of rotatable bonds is 5. The zero-order valence-electron chi connectivity index (χ0n) is 14.2. The van der Waals surface area contributed by atoms with Gasteiger partial charge in [0.15, 0.2) is 0 Å². The number of ether oxygens (including phenoxy) is 1. The Morgan fingerprint density at radius 3 is 2.80 bits per heavy atom. The average molecular weight is 333 g/mol. The third-order valence-electron chi connectivity index (χ3n) is 3.78. The normalized spacial score (nSPS) is 10.4. The Bertz CT molecular complexity index is 939. The van der Waals surface area contributed by atoms with Gasteiger partial charge < -0.3 is 10.5 Å². The van der Waals surface area contributed by atoms with E-state index >= 15 is 0 Å². The van der Waals surface area contributed by atoms with Crippen molar-refractivity contribution < 1.29 is 4.74 Å². The summed E-state index contributed by atoms with van der Waals surface area (Å²) in [5.74, 6) is 0.991. The first kappa shape index (κ1) is 16.5. The molecular formula is C19H19N5O. The third kappa shape index (κ3) is 3.45. The summed E-state index contributed by atoms with van der Waals surface area (Å²) in [4.78, 5) is 4.40. The predicted octanol–water partition coefficient (Wildman–Crippen LogP) is 3.39. The smallest absolute Gasteiger partial charge is 0.142 e. The van der Waals surface area contributed by atoms with Gasteiger partial charge in [0.1, 0.15) is 23.2 Å². The Balaban J connectivity index is 2.09. The quantitative estimate of drug-likeness (QED) is 0.773. The number of nitrogen functional groups attached to an aromatic ring is 1. The molecule has 0 unspecified atom stereocenters. The van der Waals surface area contributed by atoms with Crippen LogP contribution in [0, 0.1) is 11.3 Å². The Morgan fingerprint density at radius 1 is 1.28 bits per heavy atom. The second-order valence-electron chi connectivity index (χ2n) is 5.71. The molecule has 0 amide bonds. The van der Waals surface area contributed by atoms with E-state index in [2.05, 4.69) is 23.1 Å². The van der Waals surface area contributed by atoms with Crippen LogP contribution in [-0.4, -0.2) is 21.4 Å². The van der Waals surface area contributed by atoms with Crippen LogP contribution >= 0.6 is 0 Å². The maximum absolute atomic E-state index is 9.45. The molecule has 0 fully saturated rings. The molecule has 0 saturated heterocycles. The second-order valence-corrected chi connectivity index (χ2v) is 5.71. The summed E-state index contributed by atoms with van der Waals surface area (Å²) in [6.07, 6.45) is 4.50. The van der Waals surface area contributed by atoms with Crippen LogP contribution in [0.2, 0.25) is 0 Å². The molecule has 3 rings (SSSR count). The largest absolute Gasteiger partial charge is 0.494 e. The van der Waals surface area contributed by atoms with Gasteiger partial charge >= 0.3 is 0 Å². The third-order valence-corrected chi connectivity index (χ3v) is 3.78. The van der Waals surface area contributed by atoms with Crippen LogP contribution in [0.3, 0.4) is 0 Å². The number of aryl methyl sites for hydroxylation is 1. The first-order chi connectivity index (χ1) is 12.1. The maximum atomic E-state index is 9.45. The molecule has 2 heterocycles. The molecule has 0 bridgehead atoms. The van der Waals surface area contributed by atoms with E-state index in [-0.39, 0.29) is 5.82 Å². The Hall–Kier alpha value is -3.33. The molecule has 0 atom stereocenters. The van der Waals surface area contributed by atoms with Gasteiger partial charge in [0.2, 0.25) is 0 Å². The van der Waals surface area contributed by atoms with Crippen molar-refractivity contribution in [1.29, 1.82) is 5.26 Å². The number of pyridine rings is 1.